The van der Waals surface area contributed by atoms with Gasteiger partial charge in [0.1, 0.15) is 11.5 Å². The van der Waals surface area contributed by atoms with Crippen molar-refractivity contribution in [2.24, 2.45) is 0 Å². The van der Waals surface area contributed by atoms with Crippen LogP contribution in [0.2, 0.25) is 0 Å². The van der Waals surface area contributed by atoms with Gasteiger partial charge in [0, 0.05) is 17.5 Å². The Bertz CT molecular complexity index is 921. The lowest BCUT2D eigenvalue weighted by atomic mass is 10.0. The Morgan fingerprint density at radius 1 is 1.15 bits per heavy atom. The predicted octanol–water partition coefficient (Wildman–Crippen LogP) is 3.23. The van der Waals surface area contributed by atoms with Crippen LogP contribution < -0.4 is 5.32 Å². The molecular formula is C21H23FN2O3. The number of benzene rings is 2. The molecule has 1 aromatic heterocycles. The van der Waals surface area contributed by atoms with Crippen molar-refractivity contribution >= 4 is 16.8 Å². The second kappa shape index (κ2) is 8.33. The highest BCUT2D eigenvalue weighted by molar-refractivity contribution is 5.99. The molecule has 0 saturated carbocycles. The van der Waals surface area contributed by atoms with Gasteiger partial charge >= 0.3 is 0 Å². The summed E-state index contributed by atoms with van der Waals surface area (Å²) in [4.78, 5) is 15.5. The molecule has 1 unspecified atom stereocenters. The van der Waals surface area contributed by atoms with Crippen LogP contribution in [-0.4, -0.2) is 39.9 Å². The van der Waals surface area contributed by atoms with E-state index in [2.05, 4.69) is 10.3 Å². The van der Waals surface area contributed by atoms with Crippen molar-refractivity contribution in [2.75, 3.05) is 6.61 Å². The summed E-state index contributed by atoms with van der Waals surface area (Å²) in [6, 6.07) is 13.3. The minimum Gasteiger partial charge on any atom is -0.396 e. The molecule has 5 nitrogen and oxygen atoms in total. The maximum Gasteiger partial charge on any atom is 0.268 e. The number of nitrogens with one attached hydrogen (secondary N) is 2. The van der Waals surface area contributed by atoms with Gasteiger partial charge in [-0.3, -0.25) is 4.79 Å². The Labute approximate surface area is 156 Å². The van der Waals surface area contributed by atoms with E-state index in [0.717, 1.165) is 22.0 Å². The number of aromatic amines is 1. The van der Waals surface area contributed by atoms with Crippen molar-refractivity contribution in [2.45, 2.75) is 31.9 Å². The standard InChI is InChI=1S/C21H23FN2O3/c1-13(20(26)3-2-10-25)23-21(27)19-12-16-5-4-15(11-18(16)24-19)14-6-8-17(22)9-7-14/h4-9,11-13,20,24-26H,2-3,10H2,1H3,(H,23,27)/t13?,20-/m0/s1. The minimum atomic E-state index is -0.712. The molecule has 0 aliphatic heterocycles. The van der Waals surface area contributed by atoms with Crippen LogP contribution in [0.4, 0.5) is 4.39 Å². The maximum atomic E-state index is 13.1. The zero-order valence-electron chi connectivity index (χ0n) is 15.1. The molecule has 1 amide bonds. The number of fused-ring (bicyclic) bond motifs is 1. The number of aromatic nitrogens is 1. The van der Waals surface area contributed by atoms with Crippen molar-refractivity contribution in [3.05, 3.63) is 60.0 Å². The molecule has 2 aromatic carbocycles. The molecule has 2 atom stereocenters. The average Bonchev–Trinajstić information content (AvgIpc) is 3.10. The molecule has 3 rings (SSSR count). The van der Waals surface area contributed by atoms with Gasteiger partial charge < -0.3 is 20.5 Å². The number of carbonyl (C=O) groups excluding carboxylic acids is 1. The van der Waals surface area contributed by atoms with Gasteiger partial charge in [0.15, 0.2) is 0 Å². The fourth-order valence-corrected chi connectivity index (χ4v) is 3.00. The summed E-state index contributed by atoms with van der Waals surface area (Å²) in [6.07, 6.45) is 0.196. The molecule has 27 heavy (non-hydrogen) atoms. The summed E-state index contributed by atoms with van der Waals surface area (Å²) >= 11 is 0. The monoisotopic (exact) mass is 370 g/mol. The van der Waals surface area contributed by atoms with Crippen LogP contribution in [0.3, 0.4) is 0 Å². The van der Waals surface area contributed by atoms with E-state index in [-0.39, 0.29) is 18.3 Å². The fourth-order valence-electron chi connectivity index (χ4n) is 3.00. The van der Waals surface area contributed by atoms with Crippen LogP contribution in [0, 0.1) is 5.82 Å². The first kappa shape index (κ1) is 19.1. The maximum absolute atomic E-state index is 13.1. The highest BCUT2D eigenvalue weighted by atomic mass is 19.1. The van der Waals surface area contributed by atoms with E-state index in [4.69, 9.17) is 5.11 Å². The molecule has 142 valence electrons. The van der Waals surface area contributed by atoms with Crippen molar-refractivity contribution in [1.82, 2.24) is 10.3 Å². The second-order valence-corrected chi connectivity index (χ2v) is 6.69. The third-order valence-corrected chi connectivity index (χ3v) is 4.64. The van der Waals surface area contributed by atoms with Crippen molar-refractivity contribution in [1.29, 1.82) is 0 Å². The van der Waals surface area contributed by atoms with Gasteiger partial charge in [-0.05, 0) is 55.2 Å². The summed E-state index contributed by atoms with van der Waals surface area (Å²) in [5.41, 5.74) is 3.02. The van der Waals surface area contributed by atoms with E-state index in [0.29, 0.717) is 18.5 Å². The summed E-state index contributed by atoms with van der Waals surface area (Å²) < 4.78 is 13.1. The van der Waals surface area contributed by atoms with Crippen molar-refractivity contribution in [3.8, 4) is 11.1 Å². The molecule has 0 radical (unpaired) electrons. The van der Waals surface area contributed by atoms with Crippen LogP contribution in [0.15, 0.2) is 48.5 Å². The Morgan fingerprint density at radius 3 is 2.56 bits per heavy atom. The summed E-state index contributed by atoms with van der Waals surface area (Å²) in [5.74, 6) is -0.584. The van der Waals surface area contributed by atoms with E-state index in [9.17, 15) is 14.3 Å². The number of hydrogen-bond donors (Lipinski definition) is 4. The third-order valence-electron chi connectivity index (χ3n) is 4.64. The third kappa shape index (κ3) is 4.53. The fraction of sp³-hybridized carbons (Fsp3) is 0.286. The van der Waals surface area contributed by atoms with Gasteiger partial charge in [-0.25, -0.2) is 4.39 Å². The molecule has 4 N–H and O–H groups in total. The minimum absolute atomic E-state index is 0.0101. The zero-order valence-corrected chi connectivity index (χ0v) is 15.1. The molecule has 0 aliphatic rings. The van der Waals surface area contributed by atoms with Crippen molar-refractivity contribution in [3.63, 3.8) is 0 Å². The van der Waals surface area contributed by atoms with Crippen LogP contribution in [-0.2, 0) is 0 Å². The largest absolute Gasteiger partial charge is 0.396 e. The molecular weight excluding hydrogens is 347 g/mol. The molecule has 0 bridgehead atoms. The highest BCUT2D eigenvalue weighted by Crippen LogP contribution is 2.25. The number of H-pyrrole nitrogens is 1. The Balaban J connectivity index is 1.76. The van der Waals surface area contributed by atoms with Gasteiger partial charge in [-0.2, -0.15) is 0 Å². The lowest BCUT2D eigenvalue weighted by Gasteiger charge is -2.19. The zero-order chi connectivity index (χ0) is 19.4. The molecule has 3 aromatic rings. The highest BCUT2D eigenvalue weighted by Gasteiger charge is 2.18. The van der Waals surface area contributed by atoms with Crippen molar-refractivity contribution < 1.29 is 19.4 Å². The summed E-state index contributed by atoms with van der Waals surface area (Å²) in [5, 5.41) is 22.5. The molecule has 0 spiro atoms. The number of carbonyl (C=O) groups is 1. The van der Waals surface area contributed by atoms with Gasteiger partial charge in [-0.15, -0.1) is 0 Å². The second-order valence-electron chi connectivity index (χ2n) is 6.69. The van der Waals surface area contributed by atoms with E-state index in [1.807, 2.05) is 18.2 Å². The Kier molecular flexibility index (Phi) is 5.88. The molecule has 0 fully saturated rings. The molecule has 0 aliphatic carbocycles. The lowest BCUT2D eigenvalue weighted by Crippen LogP contribution is -2.41. The quantitative estimate of drug-likeness (QED) is 0.515. The number of halogens is 1. The number of amides is 1. The van der Waals surface area contributed by atoms with Crippen LogP contribution in [0.5, 0.6) is 0 Å². The topological polar surface area (TPSA) is 85.4 Å². The first-order valence-electron chi connectivity index (χ1n) is 8.96. The number of aliphatic hydroxyl groups is 2. The molecule has 0 saturated heterocycles. The van der Waals surface area contributed by atoms with Gasteiger partial charge in [0.25, 0.3) is 5.91 Å². The van der Waals surface area contributed by atoms with Crippen LogP contribution in [0.1, 0.15) is 30.3 Å². The van der Waals surface area contributed by atoms with E-state index in [1.165, 1.54) is 12.1 Å². The summed E-state index contributed by atoms with van der Waals surface area (Å²) in [7, 11) is 0. The van der Waals surface area contributed by atoms with Gasteiger partial charge in [0.05, 0.1) is 12.1 Å². The summed E-state index contributed by atoms with van der Waals surface area (Å²) in [6.45, 7) is 1.74. The first-order valence-corrected chi connectivity index (χ1v) is 8.96. The lowest BCUT2D eigenvalue weighted by molar-refractivity contribution is 0.0816. The average molecular weight is 370 g/mol. The SMILES string of the molecule is CC(NC(=O)c1cc2ccc(-c3ccc(F)cc3)cc2[nH]1)[C@@H](O)CCCO. The van der Waals surface area contributed by atoms with Gasteiger partial charge in [0.2, 0.25) is 0 Å². The predicted molar refractivity (Wildman–Crippen MR) is 103 cm³/mol. The number of hydrogen-bond acceptors (Lipinski definition) is 3. The molecule has 6 heteroatoms. The van der Waals surface area contributed by atoms with Crippen LogP contribution >= 0.6 is 0 Å². The van der Waals surface area contributed by atoms with Gasteiger partial charge in [-0.1, -0.05) is 24.3 Å². The number of aliphatic hydroxyl groups excluding tert-OH is 2. The number of rotatable bonds is 7. The molecule has 1 heterocycles. The Morgan fingerprint density at radius 2 is 1.85 bits per heavy atom. The Hall–Kier alpha value is -2.70. The van der Waals surface area contributed by atoms with E-state index >= 15 is 0 Å². The van der Waals surface area contributed by atoms with E-state index in [1.54, 1.807) is 25.1 Å². The van der Waals surface area contributed by atoms with E-state index < -0.39 is 12.1 Å². The van der Waals surface area contributed by atoms with Crippen LogP contribution in [0.25, 0.3) is 22.0 Å². The normalized spacial score (nSPS) is 13.5. The first-order chi connectivity index (χ1) is 13.0. The smallest absolute Gasteiger partial charge is 0.268 e.